The van der Waals surface area contributed by atoms with Crippen LogP contribution in [0.25, 0.3) is 22.2 Å². The number of benzene rings is 1. The molecule has 6 heteroatoms. The maximum absolute atomic E-state index is 8.84. The minimum Gasteiger partial charge on any atom is -0.395 e. The molecule has 2 aromatic heterocycles. The lowest BCUT2D eigenvalue weighted by Gasteiger charge is -2.05. The van der Waals surface area contributed by atoms with E-state index in [0.717, 1.165) is 32.5 Å². The van der Waals surface area contributed by atoms with Gasteiger partial charge in [-0.1, -0.05) is 15.9 Å². The third-order valence-electron chi connectivity index (χ3n) is 2.98. The second-order valence-electron chi connectivity index (χ2n) is 4.34. The molecule has 0 aliphatic carbocycles. The number of H-pyrrole nitrogens is 1. The van der Waals surface area contributed by atoms with Gasteiger partial charge >= 0.3 is 0 Å². The highest BCUT2D eigenvalue weighted by Gasteiger charge is 2.09. The number of nitrogens with zero attached hydrogens (tertiary/aromatic N) is 2. The molecular formula is C14H13BrN4O. The van der Waals surface area contributed by atoms with Crippen LogP contribution in [0.3, 0.4) is 0 Å². The van der Waals surface area contributed by atoms with E-state index in [9.17, 15) is 0 Å². The van der Waals surface area contributed by atoms with Gasteiger partial charge in [0.05, 0.1) is 12.1 Å². The van der Waals surface area contributed by atoms with Crippen LogP contribution in [0.15, 0.2) is 41.0 Å². The molecule has 1 aromatic carbocycles. The van der Waals surface area contributed by atoms with Gasteiger partial charge in [0.2, 0.25) is 0 Å². The highest BCUT2D eigenvalue weighted by atomic mass is 79.9. The van der Waals surface area contributed by atoms with Gasteiger partial charge in [0, 0.05) is 28.2 Å². The Morgan fingerprint density at radius 2 is 2.15 bits per heavy atom. The van der Waals surface area contributed by atoms with E-state index >= 15 is 0 Å². The number of fused-ring (bicyclic) bond motifs is 1. The molecule has 0 aliphatic rings. The molecule has 0 atom stereocenters. The Bertz CT molecular complexity index is 741. The molecule has 0 unspecified atom stereocenters. The Labute approximate surface area is 124 Å². The lowest BCUT2D eigenvalue weighted by Crippen LogP contribution is -2.06. The molecule has 0 fully saturated rings. The molecule has 0 bridgehead atoms. The summed E-state index contributed by atoms with van der Waals surface area (Å²) in [6.45, 7) is 0.549. The molecule has 5 nitrogen and oxygen atoms in total. The molecule has 3 aromatic rings. The fraction of sp³-hybridized carbons (Fsp3) is 0.143. The standard InChI is InChI=1S/C14H13BrN4O/c15-10-1-2-12-11(8-10)14(19-18-12)9-3-4-16-13(7-9)17-5-6-20/h1-4,7-8,20H,5-6H2,(H,16,17)(H,18,19). The summed E-state index contributed by atoms with van der Waals surface area (Å²) in [6.07, 6.45) is 1.73. The number of halogens is 1. The summed E-state index contributed by atoms with van der Waals surface area (Å²) in [7, 11) is 0. The third-order valence-corrected chi connectivity index (χ3v) is 3.47. The molecule has 0 amide bonds. The highest BCUT2D eigenvalue weighted by molar-refractivity contribution is 9.10. The van der Waals surface area contributed by atoms with E-state index in [1.165, 1.54) is 0 Å². The molecule has 2 heterocycles. The van der Waals surface area contributed by atoms with Crippen molar-refractivity contribution in [2.45, 2.75) is 0 Å². The molecular weight excluding hydrogens is 320 g/mol. The first-order valence-electron chi connectivity index (χ1n) is 6.23. The van der Waals surface area contributed by atoms with Crippen molar-refractivity contribution in [3.8, 4) is 11.3 Å². The number of anilines is 1. The average molecular weight is 333 g/mol. The van der Waals surface area contributed by atoms with Gasteiger partial charge in [-0.2, -0.15) is 5.10 Å². The van der Waals surface area contributed by atoms with Crippen LogP contribution in [-0.2, 0) is 0 Å². The molecule has 3 N–H and O–H groups in total. The Hall–Kier alpha value is -1.92. The van der Waals surface area contributed by atoms with Crippen LogP contribution >= 0.6 is 15.9 Å². The molecule has 0 aliphatic heterocycles. The van der Waals surface area contributed by atoms with Crippen LogP contribution in [-0.4, -0.2) is 33.4 Å². The smallest absolute Gasteiger partial charge is 0.126 e. The number of rotatable bonds is 4. The van der Waals surface area contributed by atoms with E-state index in [-0.39, 0.29) is 6.61 Å². The van der Waals surface area contributed by atoms with Crippen molar-refractivity contribution in [2.24, 2.45) is 0 Å². The summed E-state index contributed by atoms with van der Waals surface area (Å²) in [5, 5.41) is 20.3. The number of pyridine rings is 1. The first-order chi connectivity index (χ1) is 9.78. The van der Waals surface area contributed by atoms with Crippen LogP contribution in [0.4, 0.5) is 5.82 Å². The lowest BCUT2D eigenvalue weighted by atomic mass is 10.1. The Kier molecular flexibility index (Phi) is 3.66. The van der Waals surface area contributed by atoms with Gasteiger partial charge in [0.15, 0.2) is 0 Å². The molecule has 20 heavy (non-hydrogen) atoms. The van der Waals surface area contributed by atoms with E-state index in [1.54, 1.807) is 6.20 Å². The van der Waals surface area contributed by atoms with Crippen LogP contribution in [0, 0.1) is 0 Å². The summed E-state index contributed by atoms with van der Waals surface area (Å²) >= 11 is 3.48. The van der Waals surface area contributed by atoms with Crippen molar-refractivity contribution in [3.05, 3.63) is 41.0 Å². The Balaban J connectivity index is 2.04. The van der Waals surface area contributed by atoms with Crippen molar-refractivity contribution >= 4 is 32.7 Å². The van der Waals surface area contributed by atoms with Crippen LogP contribution in [0.5, 0.6) is 0 Å². The van der Waals surface area contributed by atoms with Crippen molar-refractivity contribution in [3.63, 3.8) is 0 Å². The Morgan fingerprint density at radius 1 is 1.25 bits per heavy atom. The van der Waals surface area contributed by atoms with E-state index < -0.39 is 0 Å². The quantitative estimate of drug-likeness (QED) is 0.686. The predicted molar refractivity (Wildman–Crippen MR) is 82.6 cm³/mol. The zero-order valence-electron chi connectivity index (χ0n) is 10.6. The van der Waals surface area contributed by atoms with Crippen LogP contribution < -0.4 is 5.32 Å². The van der Waals surface area contributed by atoms with Gasteiger partial charge in [0.25, 0.3) is 0 Å². The molecule has 0 spiro atoms. The first-order valence-corrected chi connectivity index (χ1v) is 7.02. The number of aromatic nitrogens is 3. The number of nitrogens with one attached hydrogen (secondary N) is 2. The first kappa shape index (κ1) is 13.1. The van der Waals surface area contributed by atoms with Crippen LogP contribution in [0.1, 0.15) is 0 Å². The second-order valence-corrected chi connectivity index (χ2v) is 5.26. The minimum absolute atomic E-state index is 0.0736. The van der Waals surface area contributed by atoms with E-state index in [4.69, 9.17) is 5.11 Å². The lowest BCUT2D eigenvalue weighted by molar-refractivity contribution is 0.311. The van der Waals surface area contributed by atoms with Crippen molar-refractivity contribution < 1.29 is 5.11 Å². The maximum atomic E-state index is 8.84. The number of hydrogen-bond donors (Lipinski definition) is 3. The summed E-state index contributed by atoms with van der Waals surface area (Å²) < 4.78 is 1.01. The van der Waals surface area contributed by atoms with E-state index in [1.807, 2.05) is 30.3 Å². The molecule has 102 valence electrons. The number of aromatic amines is 1. The highest BCUT2D eigenvalue weighted by Crippen LogP contribution is 2.29. The molecule has 0 radical (unpaired) electrons. The summed E-state index contributed by atoms with van der Waals surface area (Å²) in [5.74, 6) is 0.725. The Morgan fingerprint density at radius 3 is 3.00 bits per heavy atom. The maximum Gasteiger partial charge on any atom is 0.126 e. The van der Waals surface area contributed by atoms with Crippen molar-refractivity contribution in [2.75, 3.05) is 18.5 Å². The normalized spacial score (nSPS) is 10.9. The number of aliphatic hydroxyl groups excluding tert-OH is 1. The topological polar surface area (TPSA) is 73.8 Å². The fourth-order valence-electron chi connectivity index (χ4n) is 2.06. The SMILES string of the molecule is OCCNc1cc(-c2n[nH]c3ccc(Br)cc23)ccn1. The molecule has 3 rings (SSSR count). The molecule has 0 saturated carbocycles. The summed E-state index contributed by atoms with van der Waals surface area (Å²) in [6, 6.07) is 9.84. The second kappa shape index (κ2) is 5.60. The van der Waals surface area contributed by atoms with Gasteiger partial charge in [-0.3, -0.25) is 5.10 Å². The monoisotopic (exact) mass is 332 g/mol. The minimum atomic E-state index is 0.0736. The fourth-order valence-corrected chi connectivity index (χ4v) is 2.43. The van der Waals surface area contributed by atoms with Crippen molar-refractivity contribution in [1.82, 2.24) is 15.2 Å². The van der Waals surface area contributed by atoms with E-state index in [2.05, 4.69) is 36.4 Å². The predicted octanol–water partition coefficient (Wildman–Crippen LogP) is 2.79. The third kappa shape index (κ3) is 2.52. The zero-order chi connectivity index (χ0) is 13.9. The van der Waals surface area contributed by atoms with Gasteiger partial charge in [-0.25, -0.2) is 4.98 Å². The van der Waals surface area contributed by atoms with E-state index in [0.29, 0.717) is 6.54 Å². The number of hydrogen-bond acceptors (Lipinski definition) is 4. The zero-order valence-corrected chi connectivity index (χ0v) is 12.2. The van der Waals surface area contributed by atoms with Gasteiger partial charge in [-0.15, -0.1) is 0 Å². The molecule has 0 saturated heterocycles. The van der Waals surface area contributed by atoms with Gasteiger partial charge in [-0.05, 0) is 30.3 Å². The average Bonchev–Trinajstić information content (AvgIpc) is 2.88. The van der Waals surface area contributed by atoms with Crippen molar-refractivity contribution in [1.29, 1.82) is 0 Å². The summed E-state index contributed by atoms with van der Waals surface area (Å²) in [4.78, 5) is 4.21. The number of aliphatic hydroxyl groups is 1. The largest absolute Gasteiger partial charge is 0.395 e. The van der Waals surface area contributed by atoms with Gasteiger partial charge < -0.3 is 10.4 Å². The summed E-state index contributed by atoms with van der Waals surface area (Å²) in [5.41, 5.74) is 2.85. The van der Waals surface area contributed by atoms with Gasteiger partial charge in [0.1, 0.15) is 11.5 Å². The van der Waals surface area contributed by atoms with Crippen LogP contribution in [0.2, 0.25) is 0 Å².